The summed E-state index contributed by atoms with van der Waals surface area (Å²) in [5, 5.41) is 3.79. The van der Waals surface area contributed by atoms with Gasteiger partial charge >= 0.3 is 0 Å². The summed E-state index contributed by atoms with van der Waals surface area (Å²) < 4.78 is 0. The van der Waals surface area contributed by atoms with E-state index in [9.17, 15) is 0 Å². The Bertz CT molecular complexity index is 169. The third kappa shape index (κ3) is 3.99. The molecule has 1 aliphatic heterocycles. The molecule has 0 aromatic carbocycles. The van der Waals surface area contributed by atoms with Crippen molar-refractivity contribution >= 4 is 11.8 Å². The first-order chi connectivity index (χ1) is 7.34. The molecule has 0 bridgehead atoms. The molecule has 1 saturated carbocycles. The predicted octanol–water partition coefficient (Wildman–Crippen LogP) is 3.30. The fraction of sp³-hybridized carbons (Fsp3) is 1.00. The second-order valence-corrected chi connectivity index (χ2v) is 6.60. The molecule has 1 atom stereocenters. The van der Waals surface area contributed by atoms with Gasteiger partial charge in [0, 0.05) is 11.8 Å². The molecule has 1 unspecified atom stereocenters. The Morgan fingerprint density at radius 3 is 2.60 bits per heavy atom. The van der Waals surface area contributed by atoms with E-state index in [0.717, 1.165) is 17.9 Å². The predicted molar refractivity (Wildman–Crippen MR) is 69.5 cm³/mol. The van der Waals surface area contributed by atoms with Gasteiger partial charge in [0.1, 0.15) is 0 Å². The Labute approximate surface area is 98.8 Å². The zero-order chi connectivity index (χ0) is 10.5. The van der Waals surface area contributed by atoms with Crippen molar-refractivity contribution in [2.24, 2.45) is 11.8 Å². The van der Waals surface area contributed by atoms with E-state index in [0.29, 0.717) is 0 Å². The highest BCUT2D eigenvalue weighted by atomic mass is 32.2. The summed E-state index contributed by atoms with van der Waals surface area (Å²) in [5.41, 5.74) is 0. The molecular formula is C13H25NS. The zero-order valence-electron chi connectivity index (χ0n) is 10.0. The van der Waals surface area contributed by atoms with E-state index < -0.39 is 0 Å². The van der Waals surface area contributed by atoms with Gasteiger partial charge in [-0.15, -0.1) is 0 Å². The minimum atomic E-state index is 0.822. The van der Waals surface area contributed by atoms with Gasteiger partial charge in [-0.2, -0.15) is 11.8 Å². The van der Waals surface area contributed by atoms with Gasteiger partial charge in [0.15, 0.2) is 0 Å². The molecule has 2 fully saturated rings. The summed E-state index contributed by atoms with van der Waals surface area (Å²) in [6.45, 7) is 3.69. The number of thioether (sulfide) groups is 1. The first kappa shape index (κ1) is 11.8. The van der Waals surface area contributed by atoms with Crippen LogP contribution in [0.2, 0.25) is 0 Å². The van der Waals surface area contributed by atoms with Crippen LogP contribution in [0, 0.1) is 11.8 Å². The molecule has 1 heterocycles. The Kier molecular flexibility index (Phi) is 4.83. The summed E-state index contributed by atoms with van der Waals surface area (Å²) in [6, 6.07) is 0.822. The fourth-order valence-corrected chi connectivity index (χ4v) is 3.87. The van der Waals surface area contributed by atoms with Crippen molar-refractivity contribution in [1.82, 2.24) is 5.32 Å². The van der Waals surface area contributed by atoms with Crippen LogP contribution >= 0.6 is 11.8 Å². The smallest absolute Gasteiger partial charge is 0.0158 e. The molecule has 88 valence electrons. The maximum absolute atomic E-state index is 3.79. The number of rotatable bonds is 3. The van der Waals surface area contributed by atoms with E-state index in [1.165, 1.54) is 56.6 Å². The second-order valence-electron chi connectivity index (χ2n) is 5.45. The van der Waals surface area contributed by atoms with Gasteiger partial charge in [0.25, 0.3) is 0 Å². The van der Waals surface area contributed by atoms with Gasteiger partial charge in [-0.05, 0) is 49.8 Å². The normalized spacial score (nSPS) is 37.8. The lowest BCUT2D eigenvalue weighted by Crippen LogP contribution is -2.37. The van der Waals surface area contributed by atoms with Crippen molar-refractivity contribution in [3.05, 3.63) is 0 Å². The van der Waals surface area contributed by atoms with E-state index in [-0.39, 0.29) is 0 Å². The molecule has 2 rings (SSSR count). The highest BCUT2D eigenvalue weighted by Crippen LogP contribution is 2.28. The maximum Gasteiger partial charge on any atom is 0.0158 e. The van der Waals surface area contributed by atoms with Crippen molar-refractivity contribution in [1.29, 1.82) is 0 Å². The molecule has 0 aromatic rings. The van der Waals surface area contributed by atoms with Crippen molar-refractivity contribution in [3.63, 3.8) is 0 Å². The fourth-order valence-electron chi connectivity index (χ4n) is 2.77. The molecule has 0 amide bonds. The largest absolute Gasteiger partial charge is 0.313 e. The van der Waals surface area contributed by atoms with Gasteiger partial charge in [-0.1, -0.05) is 19.8 Å². The topological polar surface area (TPSA) is 12.0 Å². The van der Waals surface area contributed by atoms with Gasteiger partial charge in [0.2, 0.25) is 0 Å². The zero-order valence-corrected chi connectivity index (χ0v) is 10.8. The Morgan fingerprint density at radius 2 is 1.93 bits per heavy atom. The van der Waals surface area contributed by atoms with Crippen LogP contribution in [-0.2, 0) is 0 Å². The second kappa shape index (κ2) is 6.15. The SMILES string of the molecule is CC1CCC(CNC2CCCSC2)CC1. The highest BCUT2D eigenvalue weighted by molar-refractivity contribution is 7.99. The minimum absolute atomic E-state index is 0.822. The Balaban J connectivity index is 1.60. The molecule has 0 aromatic heterocycles. The summed E-state index contributed by atoms with van der Waals surface area (Å²) in [5.74, 6) is 4.71. The molecule has 2 aliphatic rings. The van der Waals surface area contributed by atoms with Gasteiger partial charge in [-0.3, -0.25) is 0 Å². The van der Waals surface area contributed by atoms with Crippen LogP contribution in [0.15, 0.2) is 0 Å². The molecule has 1 aliphatic carbocycles. The van der Waals surface area contributed by atoms with E-state index in [1.807, 2.05) is 0 Å². The van der Waals surface area contributed by atoms with Gasteiger partial charge in [-0.25, -0.2) is 0 Å². The van der Waals surface area contributed by atoms with Crippen LogP contribution < -0.4 is 5.32 Å². The summed E-state index contributed by atoms with van der Waals surface area (Å²) >= 11 is 2.13. The van der Waals surface area contributed by atoms with Crippen molar-refractivity contribution in [2.45, 2.75) is 51.5 Å². The van der Waals surface area contributed by atoms with Crippen LogP contribution in [0.1, 0.15) is 45.4 Å². The first-order valence-corrected chi connectivity index (χ1v) is 7.81. The van der Waals surface area contributed by atoms with Crippen LogP contribution in [0.5, 0.6) is 0 Å². The Hall–Kier alpha value is 0.310. The summed E-state index contributed by atoms with van der Waals surface area (Å²) in [7, 11) is 0. The third-order valence-corrected chi connectivity index (χ3v) is 5.21. The lowest BCUT2D eigenvalue weighted by atomic mass is 9.83. The molecule has 2 heteroatoms. The minimum Gasteiger partial charge on any atom is -0.313 e. The lowest BCUT2D eigenvalue weighted by Gasteiger charge is -2.29. The average Bonchev–Trinajstić information content (AvgIpc) is 2.30. The highest BCUT2D eigenvalue weighted by Gasteiger charge is 2.20. The van der Waals surface area contributed by atoms with E-state index in [4.69, 9.17) is 0 Å². The standard InChI is InChI=1S/C13H25NS/c1-11-4-6-12(7-5-11)9-14-13-3-2-8-15-10-13/h11-14H,2-10H2,1H3. The van der Waals surface area contributed by atoms with Crippen LogP contribution in [0.25, 0.3) is 0 Å². The molecular weight excluding hydrogens is 202 g/mol. The lowest BCUT2D eigenvalue weighted by molar-refractivity contribution is 0.274. The van der Waals surface area contributed by atoms with Crippen LogP contribution in [0.3, 0.4) is 0 Å². The van der Waals surface area contributed by atoms with Crippen molar-refractivity contribution < 1.29 is 0 Å². The summed E-state index contributed by atoms with van der Waals surface area (Å²) in [6.07, 6.45) is 8.69. The quantitative estimate of drug-likeness (QED) is 0.794. The summed E-state index contributed by atoms with van der Waals surface area (Å²) in [4.78, 5) is 0. The van der Waals surface area contributed by atoms with Gasteiger partial charge in [0.05, 0.1) is 0 Å². The monoisotopic (exact) mass is 227 g/mol. The molecule has 0 radical (unpaired) electrons. The van der Waals surface area contributed by atoms with Crippen molar-refractivity contribution in [3.8, 4) is 0 Å². The van der Waals surface area contributed by atoms with Gasteiger partial charge < -0.3 is 5.32 Å². The molecule has 1 N–H and O–H groups in total. The molecule has 1 nitrogen and oxygen atoms in total. The number of hydrogen-bond acceptors (Lipinski definition) is 2. The molecule has 0 spiro atoms. The number of nitrogens with one attached hydrogen (secondary N) is 1. The van der Waals surface area contributed by atoms with Crippen molar-refractivity contribution in [2.75, 3.05) is 18.1 Å². The van der Waals surface area contributed by atoms with E-state index in [2.05, 4.69) is 24.0 Å². The first-order valence-electron chi connectivity index (χ1n) is 6.65. The molecule has 15 heavy (non-hydrogen) atoms. The van der Waals surface area contributed by atoms with Crippen LogP contribution in [-0.4, -0.2) is 24.1 Å². The number of hydrogen-bond donors (Lipinski definition) is 1. The van der Waals surface area contributed by atoms with Crippen LogP contribution in [0.4, 0.5) is 0 Å². The maximum atomic E-state index is 3.79. The van der Waals surface area contributed by atoms with E-state index >= 15 is 0 Å². The Morgan fingerprint density at radius 1 is 1.13 bits per heavy atom. The van der Waals surface area contributed by atoms with E-state index in [1.54, 1.807) is 0 Å². The average molecular weight is 227 g/mol. The third-order valence-electron chi connectivity index (χ3n) is 3.99. The molecule has 1 saturated heterocycles.